The highest BCUT2D eigenvalue weighted by molar-refractivity contribution is 5.82. The summed E-state index contributed by atoms with van der Waals surface area (Å²) in [7, 11) is 1.56. The van der Waals surface area contributed by atoms with Crippen LogP contribution in [0, 0.1) is 35.0 Å². The van der Waals surface area contributed by atoms with Crippen LogP contribution >= 0.6 is 0 Å². The number of ketones is 1. The average molecular weight is 595 g/mol. The molecule has 2 aliphatic heterocycles. The standard InChI is InChI=1S/C33H58N2O7/c1-41-28-18-20(17-27(39)31(28)40)6-9-24(36)30(33(13-2-3-14-33)22-12-15-35-29(34)19-22)25(37)10-7-21-8-11-26(38)32-23(21)5-4-16-42-32/h20-23,25-32,35,37-40H,2-19,34H2,1H3/t20?,21?,22?,23?,25-,26?,27?,28?,29?,30-,31?,32?/m1/s1. The Kier molecular flexibility index (Phi) is 11.4. The lowest BCUT2D eigenvalue weighted by molar-refractivity contribution is -0.142. The maximum absolute atomic E-state index is 14.4. The van der Waals surface area contributed by atoms with E-state index in [0.29, 0.717) is 56.5 Å². The lowest BCUT2D eigenvalue weighted by Crippen LogP contribution is -2.53. The van der Waals surface area contributed by atoms with Gasteiger partial charge in [0.15, 0.2) is 0 Å². The van der Waals surface area contributed by atoms with Crippen LogP contribution in [0.2, 0.25) is 0 Å². The van der Waals surface area contributed by atoms with Crippen LogP contribution in [0.5, 0.6) is 0 Å². The van der Waals surface area contributed by atoms with Crippen molar-refractivity contribution in [3.8, 4) is 0 Å². The first-order chi connectivity index (χ1) is 20.2. The molecule has 0 aromatic heterocycles. The number of rotatable bonds is 11. The summed E-state index contributed by atoms with van der Waals surface area (Å²) in [6, 6.07) is 0. The number of fused-ring (bicyclic) bond motifs is 1. The summed E-state index contributed by atoms with van der Waals surface area (Å²) in [4.78, 5) is 14.4. The number of hydrogen-bond acceptors (Lipinski definition) is 9. The first-order valence-corrected chi connectivity index (χ1v) is 17.1. The first-order valence-electron chi connectivity index (χ1n) is 17.1. The molecule has 12 atom stereocenters. The zero-order valence-corrected chi connectivity index (χ0v) is 25.7. The number of carbonyl (C=O) groups excluding carboxylic acids is 1. The van der Waals surface area contributed by atoms with E-state index in [1.54, 1.807) is 7.11 Å². The van der Waals surface area contributed by atoms with Crippen molar-refractivity contribution in [1.29, 1.82) is 0 Å². The van der Waals surface area contributed by atoms with Gasteiger partial charge in [0.2, 0.25) is 0 Å². The number of aliphatic hydroxyl groups excluding tert-OH is 4. The van der Waals surface area contributed by atoms with Crippen molar-refractivity contribution in [3.63, 3.8) is 0 Å². The molecule has 7 N–H and O–H groups in total. The van der Waals surface area contributed by atoms with Crippen molar-refractivity contribution in [2.45, 2.75) is 146 Å². The van der Waals surface area contributed by atoms with Crippen LogP contribution in [0.25, 0.3) is 0 Å². The molecule has 9 heteroatoms. The van der Waals surface area contributed by atoms with Crippen molar-refractivity contribution in [3.05, 3.63) is 0 Å². The third-order valence-corrected chi connectivity index (χ3v) is 12.2. The highest BCUT2D eigenvalue weighted by atomic mass is 16.5. The van der Waals surface area contributed by atoms with Crippen molar-refractivity contribution in [2.24, 2.45) is 40.7 Å². The van der Waals surface area contributed by atoms with E-state index in [2.05, 4.69) is 5.32 Å². The smallest absolute Gasteiger partial charge is 0.139 e. The molecule has 0 bridgehead atoms. The maximum Gasteiger partial charge on any atom is 0.139 e. The van der Waals surface area contributed by atoms with Crippen LogP contribution < -0.4 is 11.1 Å². The van der Waals surface area contributed by atoms with E-state index in [1.807, 2.05) is 0 Å². The molecule has 2 heterocycles. The van der Waals surface area contributed by atoms with E-state index < -0.39 is 36.4 Å². The van der Waals surface area contributed by atoms with Gasteiger partial charge in [-0.15, -0.1) is 0 Å². The van der Waals surface area contributed by atoms with Gasteiger partial charge in [-0.3, -0.25) is 4.79 Å². The molecule has 9 nitrogen and oxygen atoms in total. The van der Waals surface area contributed by atoms with Crippen LogP contribution in [-0.2, 0) is 14.3 Å². The molecule has 0 aromatic carbocycles. The molecule has 10 unspecified atom stereocenters. The topological polar surface area (TPSA) is 154 Å². The summed E-state index contributed by atoms with van der Waals surface area (Å²) >= 11 is 0. The normalized spacial score (nSPS) is 42.0. The molecule has 5 aliphatic rings. The molecular formula is C33H58N2O7. The fourth-order valence-electron chi connectivity index (χ4n) is 10.1. The molecule has 0 radical (unpaired) electrons. The quantitative estimate of drug-likeness (QED) is 0.212. The zero-order valence-electron chi connectivity index (χ0n) is 25.7. The Bertz CT molecular complexity index is 869. The number of ether oxygens (including phenoxy) is 2. The molecular weight excluding hydrogens is 536 g/mol. The SMILES string of the molecule is COC1CC(CCC(=O)[C@H]([C@H](O)CCC2CCC(O)C3OCCCC23)C2(C3CCNC(N)C3)CCCC2)CC(O)C1O. The summed E-state index contributed by atoms with van der Waals surface area (Å²) in [6.45, 7) is 1.56. The number of piperidine rings is 1. The number of hydrogen-bond donors (Lipinski definition) is 6. The highest BCUT2D eigenvalue weighted by Crippen LogP contribution is 2.55. The largest absolute Gasteiger partial charge is 0.392 e. The number of nitrogens with one attached hydrogen (secondary N) is 1. The van der Waals surface area contributed by atoms with Crippen molar-refractivity contribution >= 4 is 5.78 Å². The second kappa shape index (κ2) is 14.6. The van der Waals surface area contributed by atoms with E-state index in [1.165, 1.54) is 0 Å². The molecule has 0 spiro atoms. The minimum Gasteiger partial charge on any atom is -0.392 e. The average Bonchev–Trinajstić information content (AvgIpc) is 3.48. The molecule has 3 aliphatic carbocycles. The minimum atomic E-state index is -0.891. The van der Waals surface area contributed by atoms with Gasteiger partial charge in [0, 0.05) is 26.1 Å². The fourth-order valence-corrected chi connectivity index (χ4v) is 10.1. The number of carbonyl (C=O) groups is 1. The Morgan fingerprint density at radius 3 is 2.55 bits per heavy atom. The molecule has 3 saturated carbocycles. The van der Waals surface area contributed by atoms with Gasteiger partial charge in [-0.05, 0) is 119 Å². The molecule has 42 heavy (non-hydrogen) atoms. The first kappa shape index (κ1) is 32.7. The van der Waals surface area contributed by atoms with Crippen LogP contribution in [0.15, 0.2) is 0 Å². The van der Waals surface area contributed by atoms with Crippen LogP contribution in [0.3, 0.4) is 0 Å². The highest BCUT2D eigenvalue weighted by Gasteiger charge is 2.53. The van der Waals surface area contributed by atoms with E-state index in [0.717, 1.165) is 77.2 Å². The summed E-state index contributed by atoms with van der Waals surface area (Å²) in [5.41, 5.74) is 6.16. The second-order valence-electron chi connectivity index (χ2n) is 14.6. The Morgan fingerprint density at radius 2 is 1.81 bits per heavy atom. The maximum atomic E-state index is 14.4. The predicted octanol–water partition coefficient (Wildman–Crippen LogP) is 2.65. The minimum absolute atomic E-state index is 0.0767. The number of methoxy groups -OCH3 is 1. The summed E-state index contributed by atoms with van der Waals surface area (Å²) < 4.78 is 11.4. The van der Waals surface area contributed by atoms with Crippen molar-refractivity contribution in [2.75, 3.05) is 20.3 Å². The van der Waals surface area contributed by atoms with E-state index >= 15 is 0 Å². The predicted molar refractivity (Wildman–Crippen MR) is 159 cm³/mol. The summed E-state index contributed by atoms with van der Waals surface area (Å²) in [5.74, 6) is 0.874. The molecule has 0 amide bonds. The van der Waals surface area contributed by atoms with E-state index in [-0.39, 0.29) is 29.4 Å². The van der Waals surface area contributed by atoms with Gasteiger partial charge in [0.25, 0.3) is 0 Å². The molecule has 5 rings (SSSR count). The molecule has 0 aromatic rings. The van der Waals surface area contributed by atoms with E-state index in [9.17, 15) is 25.2 Å². The third-order valence-electron chi connectivity index (χ3n) is 12.2. The Morgan fingerprint density at radius 1 is 1.02 bits per heavy atom. The number of nitrogens with two attached hydrogens (primary N) is 1. The Balaban J connectivity index is 1.31. The van der Waals surface area contributed by atoms with Gasteiger partial charge in [0.05, 0.1) is 36.7 Å². The molecule has 2 saturated heterocycles. The van der Waals surface area contributed by atoms with Crippen molar-refractivity contribution in [1.82, 2.24) is 5.32 Å². The Labute approximate surface area is 252 Å². The van der Waals surface area contributed by atoms with E-state index in [4.69, 9.17) is 15.2 Å². The third kappa shape index (κ3) is 7.09. The zero-order chi connectivity index (χ0) is 29.9. The van der Waals surface area contributed by atoms with Crippen LogP contribution in [0.4, 0.5) is 0 Å². The summed E-state index contributed by atoms with van der Waals surface area (Å²) in [6.07, 6.45) is 9.80. The molecule has 5 fully saturated rings. The fraction of sp³-hybridized carbons (Fsp3) is 0.970. The number of Topliss-reactive ketones (excluding diaryl/α,β-unsaturated/α-hetero) is 1. The molecule has 242 valence electrons. The van der Waals surface area contributed by atoms with Gasteiger partial charge in [-0.2, -0.15) is 0 Å². The monoisotopic (exact) mass is 594 g/mol. The Hall–Kier alpha value is -0.650. The van der Waals surface area contributed by atoms with Crippen LogP contribution in [-0.4, -0.2) is 89.3 Å². The van der Waals surface area contributed by atoms with Gasteiger partial charge in [0.1, 0.15) is 11.9 Å². The lowest BCUT2D eigenvalue weighted by Gasteiger charge is -2.48. The van der Waals surface area contributed by atoms with Gasteiger partial charge in [-0.25, -0.2) is 0 Å². The number of aliphatic hydroxyl groups is 4. The van der Waals surface area contributed by atoms with Crippen LogP contribution in [0.1, 0.15) is 103 Å². The van der Waals surface area contributed by atoms with Gasteiger partial charge >= 0.3 is 0 Å². The van der Waals surface area contributed by atoms with Crippen molar-refractivity contribution < 1.29 is 34.7 Å². The lowest BCUT2D eigenvalue weighted by atomic mass is 9.58. The van der Waals surface area contributed by atoms with Gasteiger partial charge in [-0.1, -0.05) is 12.8 Å². The summed E-state index contributed by atoms with van der Waals surface area (Å²) in [5, 5.41) is 46.7. The second-order valence-corrected chi connectivity index (χ2v) is 14.6. The van der Waals surface area contributed by atoms with Gasteiger partial charge < -0.3 is 41.0 Å².